The van der Waals surface area contributed by atoms with E-state index in [9.17, 15) is 4.79 Å². The van der Waals surface area contributed by atoms with Gasteiger partial charge >= 0.3 is 0 Å². The van der Waals surface area contributed by atoms with Crippen LogP contribution in [0.1, 0.15) is 11.1 Å². The van der Waals surface area contributed by atoms with Crippen molar-refractivity contribution in [1.29, 1.82) is 0 Å². The zero-order valence-electron chi connectivity index (χ0n) is 11.6. The number of hydrazone groups is 1. The number of hydrogen-bond donors (Lipinski definition) is 1. The van der Waals surface area contributed by atoms with E-state index in [-0.39, 0.29) is 5.91 Å². The molecular weight excluding hydrogens is 384 g/mol. The first-order valence-electron chi connectivity index (χ1n) is 6.53. The summed E-state index contributed by atoms with van der Waals surface area (Å²) in [5.74, 6) is 1.00. The Morgan fingerprint density at radius 2 is 2.05 bits per heavy atom. The number of amides is 1. The van der Waals surface area contributed by atoms with Gasteiger partial charge in [0.2, 0.25) is 5.91 Å². The lowest BCUT2D eigenvalue weighted by Gasteiger charge is -2.02. The maximum Gasteiger partial charge on any atom is 0.250 e. The van der Waals surface area contributed by atoms with Crippen LogP contribution in [-0.2, 0) is 10.5 Å². The molecular formula is C16H14BrClN2OS. The molecule has 2 rings (SSSR count). The average Bonchev–Trinajstić information content (AvgIpc) is 2.49. The van der Waals surface area contributed by atoms with Crippen molar-refractivity contribution in [3.63, 3.8) is 0 Å². The Hall–Kier alpha value is -1.30. The summed E-state index contributed by atoms with van der Waals surface area (Å²) in [6, 6.07) is 15.3. The van der Waals surface area contributed by atoms with Crippen LogP contribution in [0.4, 0.5) is 0 Å². The van der Waals surface area contributed by atoms with Gasteiger partial charge in [0.25, 0.3) is 0 Å². The Balaban J connectivity index is 1.70. The van der Waals surface area contributed by atoms with Crippen molar-refractivity contribution in [2.75, 3.05) is 5.75 Å². The van der Waals surface area contributed by atoms with Gasteiger partial charge in [-0.2, -0.15) is 5.10 Å². The standard InChI is InChI=1S/C16H14BrClN2OS/c17-14-3-1-2-13(8-14)9-19-20-16(21)11-22-10-12-4-6-15(18)7-5-12/h1-9H,10-11H2,(H,20,21)/b19-9+. The van der Waals surface area contributed by atoms with E-state index in [4.69, 9.17) is 11.6 Å². The average molecular weight is 398 g/mol. The van der Waals surface area contributed by atoms with Gasteiger partial charge in [0.1, 0.15) is 0 Å². The molecule has 0 atom stereocenters. The van der Waals surface area contributed by atoms with Gasteiger partial charge in [0.05, 0.1) is 12.0 Å². The number of rotatable bonds is 6. The minimum atomic E-state index is -0.120. The maximum absolute atomic E-state index is 11.7. The van der Waals surface area contributed by atoms with Gasteiger partial charge in [0, 0.05) is 15.2 Å². The summed E-state index contributed by atoms with van der Waals surface area (Å²) < 4.78 is 0.973. The first-order valence-corrected chi connectivity index (χ1v) is 8.86. The van der Waals surface area contributed by atoms with Crippen molar-refractivity contribution in [3.8, 4) is 0 Å². The molecule has 0 aromatic heterocycles. The summed E-state index contributed by atoms with van der Waals surface area (Å²) in [5, 5.41) is 4.66. The monoisotopic (exact) mass is 396 g/mol. The normalized spacial score (nSPS) is 10.8. The van der Waals surface area contributed by atoms with Crippen molar-refractivity contribution < 1.29 is 4.79 Å². The second-order valence-corrected chi connectivity index (χ2v) is 6.81. The number of nitrogens with zero attached hydrogens (tertiary/aromatic N) is 1. The SMILES string of the molecule is O=C(CSCc1ccc(Cl)cc1)N/N=C/c1cccc(Br)c1. The zero-order chi connectivity index (χ0) is 15.8. The Bertz CT molecular complexity index is 661. The van der Waals surface area contributed by atoms with Crippen molar-refractivity contribution >= 4 is 51.4 Å². The van der Waals surface area contributed by atoms with Crippen LogP contribution in [0.5, 0.6) is 0 Å². The van der Waals surface area contributed by atoms with Crippen molar-refractivity contribution in [2.24, 2.45) is 5.10 Å². The highest BCUT2D eigenvalue weighted by Crippen LogP contribution is 2.15. The Morgan fingerprint density at radius 1 is 1.27 bits per heavy atom. The van der Waals surface area contributed by atoms with Crippen LogP contribution in [0.3, 0.4) is 0 Å². The summed E-state index contributed by atoms with van der Waals surface area (Å²) in [5.41, 5.74) is 4.58. The van der Waals surface area contributed by atoms with E-state index < -0.39 is 0 Å². The summed E-state index contributed by atoms with van der Waals surface area (Å²) in [6.07, 6.45) is 1.62. The highest BCUT2D eigenvalue weighted by atomic mass is 79.9. The summed E-state index contributed by atoms with van der Waals surface area (Å²) in [7, 11) is 0. The molecule has 6 heteroatoms. The fourth-order valence-electron chi connectivity index (χ4n) is 1.64. The van der Waals surface area contributed by atoms with Gasteiger partial charge in [-0.15, -0.1) is 11.8 Å². The number of hydrogen-bond acceptors (Lipinski definition) is 3. The molecule has 0 saturated heterocycles. The predicted octanol–water partition coefficient (Wildman–Crippen LogP) is 4.49. The molecule has 2 aromatic carbocycles. The summed E-state index contributed by atoms with van der Waals surface area (Å²) in [6.45, 7) is 0. The largest absolute Gasteiger partial charge is 0.272 e. The number of halogens is 2. The van der Waals surface area contributed by atoms with E-state index in [2.05, 4.69) is 26.5 Å². The van der Waals surface area contributed by atoms with E-state index in [1.54, 1.807) is 6.21 Å². The van der Waals surface area contributed by atoms with Gasteiger partial charge in [-0.25, -0.2) is 5.43 Å². The maximum atomic E-state index is 11.7. The third kappa shape index (κ3) is 6.22. The van der Waals surface area contributed by atoms with Gasteiger partial charge in [-0.1, -0.05) is 51.8 Å². The quantitative estimate of drug-likeness (QED) is 0.576. The molecule has 0 aliphatic heterocycles. The number of thioether (sulfide) groups is 1. The molecule has 0 radical (unpaired) electrons. The minimum Gasteiger partial charge on any atom is -0.272 e. The molecule has 0 fully saturated rings. The molecule has 0 heterocycles. The Labute approximate surface area is 147 Å². The molecule has 1 N–H and O–H groups in total. The number of nitrogens with one attached hydrogen (secondary N) is 1. The molecule has 0 spiro atoms. The van der Waals surface area contributed by atoms with Gasteiger partial charge in [-0.3, -0.25) is 4.79 Å². The third-order valence-corrected chi connectivity index (χ3v) is 4.42. The van der Waals surface area contributed by atoms with E-state index in [1.165, 1.54) is 11.8 Å². The fourth-order valence-corrected chi connectivity index (χ4v) is 2.96. The van der Waals surface area contributed by atoms with Gasteiger partial charge in [-0.05, 0) is 35.4 Å². The van der Waals surface area contributed by atoms with Crippen LogP contribution in [-0.4, -0.2) is 17.9 Å². The van der Waals surface area contributed by atoms with E-state index in [0.717, 1.165) is 21.4 Å². The minimum absolute atomic E-state index is 0.120. The topological polar surface area (TPSA) is 41.5 Å². The van der Waals surface area contributed by atoms with Crippen molar-refractivity contribution in [3.05, 3.63) is 69.2 Å². The molecule has 114 valence electrons. The zero-order valence-corrected chi connectivity index (χ0v) is 14.8. The summed E-state index contributed by atoms with van der Waals surface area (Å²) >= 11 is 10.7. The van der Waals surface area contributed by atoms with Crippen LogP contribution >= 0.6 is 39.3 Å². The lowest BCUT2D eigenvalue weighted by molar-refractivity contribution is -0.118. The molecule has 0 aliphatic carbocycles. The van der Waals surface area contributed by atoms with E-state index >= 15 is 0 Å². The lowest BCUT2D eigenvalue weighted by Crippen LogP contribution is -2.19. The first-order chi connectivity index (χ1) is 10.6. The van der Waals surface area contributed by atoms with Gasteiger partial charge < -0.3 is 0 Å². The van der Waals surface area contributed by atoms with Crippen LogP contribution in [0.2, 0.25) is 5.02 Å². The van der Waals surface area contributed by atoms with Crippen molar-refractivity contribution in [2.45, 2.75) is 5.75 Å². The van der Waals surface area contributed by atoms with Crippen LogP contribution < -0.4 is 5.43 Å². The molecule has 0 unspecified atom stereocenters. The fraction of sp³-hybridized carbons (Fsp3) is 0.125. The number of carbonyl (C=O) groups is 1. The molecule has 3 nitrogen and oxygen atoms in total. The molecule has 2 aromatic rings. The first kappa shape index (κ1) is 17.1. The second kappa shape index (κ2) is 8.98. The molecule has 1 amide bonds. The van der Waals surface area contributed by atoms with Gasteiger partial charge in [0.15, 0.2) is 0 Å². The molecule has 0 aliphatic rings. The highest BCUT2D eigenvalue weighted by molar-refractivity contribution is 9.10. The smallest absolute Gasteiger partial charge is 0.250 e. The number of benzene rings is 2. The molecule has 22 heavy (non-hydrogen) atoms. The van der Waals surface area contributed by atoms with Crippen molar-refractivity contribution in [1.82, 2.24) is 5.43 Å². The van der Waals surface area contributed by atoms with Crippen LogP contribution in [0, 0.1) is 0 Å². The van der Waals surface area contributed by atoms with E-state index in [1.807, 2.05) is 48.5 Å². The third-order valence-electron chi connectivity index (χ3n) is 2.67. The summed E-state index contributed by atoms with van der Waals surface area (Å²) in [4.78, 5) is 11.7. The molecule has 0 saturated carbocycles. The second-order valence-electron chi connectivity index (χ2n) is 4.47. The van der Waals surface area contributed by atoms with Crippen LogP contribution in [0.15, 0.2) is 58.1 Å². The lowest BCUT2D eigenvalue weighted by atomic mass is 10.2. The highest BCUT2D eigenvalue weighted by Gasteiger charge is 2.00. The van der Waals surface area contributed by atoms with Crippen LogP contribution in [0.25, 0.3) is 0 Å². The van der Waals surface area contributed by atoms with E-state index in [0.29, 0.717) is 10.8 Å². The Morgan fingerprint density at radius 3 is 2.77 bits per heavy atom. The predicted molar refractivity (Wildman–Crippen MR) is 97.5 cm³/mol. The molecule has 0 bridgehead atoms. The Kier molecular flexibility index (Phi) is 6.96. The number of carbonyl (C=O) groups excluding carboxylic acids is 1.